The number of methoxy groups -OCH3 is 2. The van der Waals surface area contributed by atoms with Gasteiger partial charge in [0.25, 0.3) is 11.8 Å². The highest BCUT2D eigenvalue weighted by molar-refractivity contribution is 7.90. The number of nitrogens with one attached hydrogen (secondary N) is 3. The zero-order valence-corrected chi connectivity index (χ0v) is 44.7. The van der Waals surface area contributed by atoms with Crippen LogP contribution in [-0.2, 0) is 59.5 Å². The smallest absolute Gasteiger partial charge is 0.308 e. The van der Waals surface area contributed by atoms with E-state index >= 15 is 0 Å². The lowest BCUT2D eigenvalue weighted by atomic mass is 9.89. The average molecular weight is 1020 g/mol. The molecule has 20 nitrogen and oxygen atoms in total. The Morgan fingerprint density at radius 1 is 0.817 bits per heavy atom. The molecule has 0 unspecified atom stereocenters. The van der Waals surface area contributed by atoms with Crippen molar-refractivity contribution >= 4 is 51.4 Å². The molecule has 1 aliphatic carbocycles. The van der Waals surface area contributed by atoms with E-state index < -0.39 is 87.3 Å². The molecular formula is C50H81N7O13S. The molecule has 4 N–H and O–H groups in total. The van der Waals surface area contributed by atoms with Gasteiger partial charge in [0.15, 0.2) is 6.61 Å². The number of hydrogen-bond donors (Lipinski definition) is 4. The lowest BCUT2D eigenvalue weighted by Crippen LogP contribution is -2.59. The van der Waals surface area contributed by atoms with Gasteiger partial charge in [-0.2, -0.15) is 0 Å². The van der Waals surface area contributed by atoms with E-state index in [-0.39, 0.29) is 67.4 Å². The van der Waals surface area contributed by atoms with Crippen LogP contribution in [0.15, 0.2) is 24.3 Å². The van der Waals surface area contributed by atoms with Crippen LogP contribution in [-0.4, -0.2) is 184 Å². The maximum atomic E-state index is 14.5. The minimum atomic E-state index is -3.98. The van der Waals surface area contributed by atoms with E-state index in [0.29, 0.717) is 62.9 Å². The predicted molar refractivity (Wildman–Crippen MR) is 265 cm³/mol. The summed E-state index contributed by atoms with van der Waals surface area (Å²) in [6.07, 6.45) is 1.23. The second kappa shape index (κ2) is 26.2. The molecule has 1 aromatic carbocycles. The van der Waals surface area contributed by atoms with Crippen molar-refractivity contribution in [2.24, 2.45) is 29.6 Å². The first kappa shape index (κ1) is 58.7. The zero-order chi connectivity index (χ0) is 53.1. The molecule has 2 aliphatic heterocycles. The van der Waals surface area contributed by atoms with Crippen molar-refractivity contribution in [3.63, 3.8) is 0 Å². The number of sulfonamides is 1. The first-order valence-electron chi connectivity index (χ1n) is 25.0. The molecule has 1 saturated carbocycles. The van der Waals surface area contributed by atoms with Crippen molar-refractivity contribution in [3.05, 3.63) is 29.8 Å². The lowest BCUT2D eigenvalue weighted by Gasteiger charge is -2.41. The molecule has 71 heavy (non-hydrogen) atoms. The van der Waals surface area contributed by atoms with Gasteiger partial charge in [-0.1, -0.05) is 67.0 Å². The van der Waals surface area contributed by atoms with Gasteiger partial charge in [0, 0.05) is 47.3 Å². The number of ether oxygens (including phenoxy) is 3. The van der Waals surface area contributed by atoms with Gasteiger partial charge in [-0.15, -0.1) is 0 Å². The van der Waals surface area contributed by atoms with Crippen LogP contribution >= 0.6 is 0 Å². The largest absolute Gasteiger partial charge is 0.484 e. The van der Waals surface area contributed by atoms with E-state index in [9.17, 15) is 47.1 Å². The molecular weight excluding hydrogens is 939 g/mol. The summed E-state index contributed by atoms with van der Waals surface area (Å²) in [4.78, 5) is 101. The van der Waals surface area contributed by atoms with Crippen LogP contribution in [0.4, 0.5) is 0 Å². The number of benzene rings is 1. The van der Waals surface area contributed by atoms with Gasteiger partial charge in [-0.25, -0.2) is 8.42 Å². The summed E-state index contributed by atoms with van der Waals surface area (Å²) in [5.74, 6) is -5.19. The van der Waals surface area contributed by atoms with E-state index in [0.717, 1.165) is 0 Å². The fourth-order valence-electron chi connectivity index (χ4n) is 9.98. The highest BCUT2D eigenvalue weighted by Gasteiger charge is 2.44. The SMILES string of the molecule is CC[C@H](C)[C@@H]([C@@H](CC(=O)N1CCC[C@H]1[C@H](OC)[C@@H](C)C(=O)N[C@@H](Cc1ccc(OCC(=O)N2CC[C@@H](C(=O)O)C2)cc1)C(=O)NS(=O)(=O)C1CC1)OC)N(C)C(=O)[C@@H](NC(=O)[C@H](C(C)C)N(C)C)C(C)C. The standard InChI is InChI=1S/C50H81N7O13S/c1-13-31(6)44(55(10)49(63)42(29(2)3)52-48(62)43(30(4)5)54(8)9)39(68-11)26-40(58)57-23-14-15-38(57)45(69-12)32(7)46(60)51-37(47(61)53-71(66,67)36-20-21-36)25-33-16-18-35(19-17-33)70-28-41(59)56-24-22-34(27-56)50(64)65/h16-19,29-32,34,36-39,42-45H,13-15,20-28H2,1-12H3,(H,51,60)(H,52,62)(H,53,61)(H,64,65)/t31-,32+,34+,37-,38-,39+,42-,43-,44-,45+/m0/s1. The first-order valence-corrected chi connectivity index (χ1v) is 26.6. The summed E-state index contributed by atoms with van der Waals surface area (Å²) < 4.78 is 45.7. The van der Waals surface area contributed by atoms with Gasteiger partial charge in [-0.3, -0.25) is 43.2 Å². The molecule has 400 valence electrons. The van der Waals surface area contributed by atoms with Gasteiger partial charge in [0.1, 0.15) is 17.8 Å². The zero-order valence-electron chi connectivity index (χ0n) is 43.8. The highest BCUT2D eigenvalue weighted by atomic mass is 32.2. The van der Waals surface area contributed by atoms with Crippen molar-refractivity contribution in [3.8, 4) is 5.75 Å². The fraction of sp³-hybridized carbons (Fsp3) is 0.740. The molecule has 0 radical (unpaired) electrons. The molecule has 3 aliphatic rings. The number of amides is 6. The number of carboxylic acid groups (broad SMARTS) is 1. The molecule has 3 fully saturated rings. The van der Waals surface area contributed by atoms with E-state index in [1.165, 1.54) is 19.1 Å². The summed E-state index contributed by atoms with van der Waals surface area (Å²) in [5, 5.41) is 14.4. The summed E-state index contributed by atoms with van der Waals surface area (Å²) in [7, 11) is 4.31. The van der Waals surface area contributed by atoms with E-state index in [4.69, 9.17) is 14.2 Å². The molecule has 2 saturated heterocycles. The quantitative estimate of drug-likeness (QED) is 0.0988. The number of hydrogen-bond acceptors (Lipinski definition) is 13. The Balaban J connectivity index is 1.48. The third-order valence-corrected chi connectivity index (χ3v) is 16.2. The van der Waals surface area contributed by atoms with Gasteiger partial charge in [-0.05, 0) is 81.6 Å². The maximum Gasteiger partial charge on any atom is 0.308 e. The number of nitrogens with zero attached hydrogens (tertiary/aromatic N) is 4. The van der Waals surface area contributed by atoms with Crippen molar-refractivity contribution < 1.29 is 61.3 Å². The second-order valence-corrected chi connectivity index (χ2v) is 22.5. The number of likely N-dealkylation sites (N-methyl/N-ethyl adjacent to an activating group) is 2. The molecule has 0 aromatic heterocycles. The van der Waals surface area contributed by atoms with Crippen molar-refractivity contribution in [2.45, 2.75) is 147 Å². The third-order valence-electron chi connectivity index (χ3n) is 14.4. The summed E-state index contributed by atoms with van der Waals surface area (Å²) in [5.41, 5.74) is 0.546. The number of likely N-dealkylation sites (tertiary alicyclic amines) is 2. The Bertz CT molecular complexity index is 2110. The first-order chi connectivity index (χ1) is 33.4. The van der Waals surface area contributed by atoms with Crippen LogP contribution in [0, 0.1) is 29.6 Å². The van der Waals surface area contributed by atoms with Gasteiger partial charge < -0.3 is 44.7 Å². The molecule has 2 heterocycles. The van der Waals surface area contributed by atoms with Crippen molar-refractivity contribution in [1.82, 2.24) is 35.0 Å². The van der Waals surface area contributed by atoms with Crippen LogP contribution in [0.2, 0.25) is 0 Å². The van der Waals surface area contributed by atoms with Crippen LogP contribution in [0.5, 0.6) is 5.75 Å². The highest BCUT2D eigenvalue weighted by Crippen LogP contribution is 2.31. The Labute approximate surface area is 420 Å². The minimum Gasteiger partial charge on any atom is -0.484 e. The molecule has 4 rings (SSSR count). The van der Waals surface area contributed by atoms with Gasteiger partial charge in [0.2, 0.25) is 33.7 Å². The van der Waals surface area contributed by atoms with Crippen LogP contribution < -0.4 is 20.1 Å². The average Bonchev–Trinajstić information content (AvgIpc) is 3.87. The number of aliphatic carboxylic acids is 1. The van der Waals surface area contributed by atoms with E-state index in [2.05, 4.69) is 15.4 Å². The third kappa shape index (κ3) is 15.6. The predicted octanol–water partition coefficient (Wildman–Crippen LogP) is 2.28. The Morgan fingerprint density at radius 3 is 1.99 bits per heavy atom. The van der Waals surface area contributed by atoms with Crippen LogP contribution in [0.25, 0.3) is 0 Å². The second-order valence-electron chi connectivity index (χ2n) is 20.5. The fourth-order valence-corrected chi connectivity index (χ4v) is 11.3. The van der Waals surface area contributed by atoms with Gasteiger partial charge >= 0.3 is 5.97 Å². The monoisotopic (exact) mass is 1020 g/mol. The summed E-state index contributed by atoms with van der Waals surface area (Å²) in [6.45, 7) is 13.8. The van der Waals surface area contributed by atoms with Crippen molar-refractivity contribution in [1.29, 1.82) is 0 Å². The molecule has 21 heteroatoms. The van der Waals surface area contributed by atoms with E-state index in [1.807, 2.05) is 60.5 Å². The summed E-state index contributed by atoms with van der Waals surface area (Å²) >= 11 is 0. The Morgan fingerprint density at radius 2 is 1.46 bits per heavy atom. The number of carbonyl (C=O) groups is 7. The maximum absolute atomic E-state index is 14.5. The molecule has 1 aromatic rings. The minimum absolute atomic E-state index is 0.00333. The lowest BCUT2D eigenvalue weighted by molar-refractivity contribution is -0.148. The molecule has 10 atom stereocenters. The topological polar surface area (TPSA) is 251 Å². The normalized spacial score (nSPS) is 20.7. The van der Waals surface area contributed by atoms with Crippen LogP contribution in [0.1, 0.15) is 99.0 Å². The van der Waals surface area contributed by atoms with Crippen LogP contribution in [0.3, 0.4) is 0 Å². The van der Waals surface area contributed by atoms with E-state index in [1.54, 1.807) is 48.0 Å². The Kier molecular flexibility index (Phi) is 21.7. The molecule has 0 bridgehead atoms. The van der Waals surface area contributed by atoms with Gasteiger partial charge in [0.05, 0.1) is 53.8 Å². The number of rotatable bonds is 27. The summed E-state index contributed by atoms with van der Waals surface area (Å²) in [6, 6.07) is 2.69. The molecule has 0 spiro atoms. The van der Waals surface area contributed by atoms with Crippen molar-refractivity contribution in [2.75, 3.05) is 61.6 Å². The molecule has 6 amide bonds. The number of carbonyl (C=O) groups excluding carboxylic acids is 6. The number of carboxylic acids is 1. The Hall–Kier alpha value is -4.86.